The Morgan fingerprint density at radius 2 is 2.00 bits per heavy atom. The van der Waals surface area contributed by atoms with E-state index in [2.05, 4.69) is 16.7 Å². The molecular weight excluding hydrogens is 436 g/mol. The lowest BCUT2D eigenvalue weighted by Gasteiger charge is -2.25. The lowest BCUT2D eigenvalue weighted by atomic mass is 9.81. The number of nitrogens with zero attached hydrogens (tertiary/aromatic N) is 2. The van der Waals surface area contributed by atoms with Crippen LogP contribution in [0.2, 0.25) is 0 Å². The fraction of sp³-hybridized carbons (Fsp3) is 0.654. The van der Waals surface area contributed by atoms with Gasteiger partial charge in [0.25, 0.3) is 0 Å². The molecule has 1 aromatic heterocycles. The van der Waals surface area contributed by atoms with Gasteiger partial charge in [0.15, 0.2) is 11.1 Å². The Labute approximate surface area is 201 Å². The van der Waals surface area contributed by atoms with E-state index < -0.39 is 11.1 Å². The van der Waals surface area contributed by atoms with Crippen molar-refractivity contribution >= 4 is 27.9 Å². The van der Waals surface area contributed by atoms with Crippen LogP contribution in [0.4, 0.5) is 0 Å². The number of hydrogen-bond donors (Lipinski definition) is 0. The molecule has 6 nitrogen and oxygen atoms in total. The highest BCUT2D eigenvalue weighted by atomic mass is 32.2. The SMILES string of the molecule is CCN(CC)C(=O)CCCCCC1CCCc2c1c1c(OC)cccc1n2CCOS(C)=O. The molecule has 1 heterocycles. The predicted octanol–water partition coefficient (Wildman–Crippen LogP) is 5.20. The van der Waals surface area contributed by atoms with Crippen molar-refractivity contribution < 1.29 is 17.9 Å². The number of amides is 1. The van der Waals surface area contributed by atoms with Gasteiger partial charge in [0.05, 0.1) is 19.2 Å². The minimum absolute atomic E-state index is 0.281. The summed E-state index contributed by atoms with van der Waals surface area (Å²) in [5.74, 6) is 1.72. The highest BCUT2D eigenvalue weighted by Gasteiger charge is 2.29. The van der Waals surface area contributed by atoms with Gasteiger partial charge in [-0.25, -0.2) is 4.21 Å². The number of benzene rings is 1. The van der Waals surface area contributed by atoms with Gasteiger partial charge in [-0.2, -0.15) is 0 Å². The molecule has 184 valence electrons. The topological polar surface area (TPSA) is 60.8 Å². The molecule has 0 saturated carbocycles. The molecule has 0 spiro atoms. The van der Waals surface area contributed by atoms with Gasteiger partial charge in [-0.05, 0) is 69.6 Å². The minimum Gasteiger partial charge on any atom is -0.496 e. The maximum atomic E-state index is 12.3. The second-order valence-corrected chi connectivity index (χ2v) is 9.88. The first-order chi connectivity index (χ1) is 16.0. The Morgan fingerprint density at radius 1 is 1.21 bits per heavy atom. The van der Waals surface area contributed by atoms with Crippen molar-refractivity contribution in [2.45, 2.75) is 77.7 Å². The molecular formula is C26H40N2O4S. The van der Waals surface area contributed by atoms with E-state index in [1.807, 2.05) is 24.8 Å². The number of hydrogen-bond acceptors (Lipinski definition) is 4. The van der Waals surface area contributed by atoms with Gasteiger partial charge >= 0.3 is 0 Å². The number of methoxy groups -OCH3 is 1. The quantitative estimate of drug-likeness (QED) is 0.373. The van der Waals surface area contributed by atoms with Gasteiger partial charge in [-0.3, -0.25) is 8.98 Å². The second-order valence-electron chi connectivity index (χ2n) is 8.84. The van der Waals surface area contributed by atoms with Crippen LogP contribution in [0.1, 0.15) is 76.0 Å². The number of unbranched alkanes of at least 4 members (excludes halogenated alkanes) is 2. The van der Waals surface area contributed by atoms with Crippen molar-refractivity contribution in [1.29, 1.82) is 0 Å². The molecule has 0 fully saturated rings. The fourth-order valence-corrected chi connectivity index (χ4v) is 5.67. The van der Waals surface area contributed by atoms with E-state index in [4.69, 9.17) is 8.92 Å². The summed E-state index contributed by atoms with van der Waals surface area (Å²) >= 11 is -1.25. The van der Waals surface area contributed by atoms with Gasteiger partial charge in [0.2, 0.25) is 5.91 Å². The molecule has 7 heteroatoms. The van der Waals surface area contributed by atoms with Crippen LogP contribution in [-0.2, 0) is 33.0 Å². The zero-order valence-electron chi connectivity index (χ0n) is 20.7. The third kappa shape index (κ3) is 6.18. The monoisotopic (exact) mass is 476 g/mol. The third-order valence-corrected chi connectivity index (χ3v) is 7.42. The molecule has 1 amide bonds. The van der Waals surface area contributed by atoms with Crippen LogP contribution in [-0.4, -0.2) is 52.6 Å². The molecule has 1 aliphatic carbocycles. The van der Waals surface area contributed by atoms with E-state index in [0.29, 0.717) is 25.5 Å². The van der Waals surface area contributed by atoms with Gasteiger partial charge in [-0.15, -0.1) is 0 Å². The van der Waals surface area contributed by atoms with Crippen molar-refractivity contribution in [1.82, 2.24) is 9.47 Å². The normalized spacial score (nSPS) is 16.5. The van der Waals surface area contributed by atoms with Gasteiger partial charge in [0, 0.05) is 43.4 Å². The van der Waals surface area contributed by atoms with Crippen LogP contribution in [0.15, 0.2) is 18.2 Å². The van der Waals surface area contributed by atoms with Crippen molar-refractivity contribution in [2.75, 3.05) is 33.1 Å². The summed E-state index contributed by atoms with van der Waals surface area (Å²) in [6.45, 7) is 6.80. The molecule has 2 unspecified atom stereocenters. The zero-order valence-corrected chi connectivity index (χ0v) is 21.5. The molecule has 0 N–H and O–H groups in total. The van der Waals surface area contributed by atoms with Gasteiger partial charge in [-0.1, -0.05) is 18.9 Å². The van der Waals surface area contributed by atoms with Crippen LogP contribution in [0.5, 0.6) is 5.75 Å². The predicted molar refractivity (Wildman–Crippen MR) is 135 cm³/mol. The van der Waals surface area contributed by atoms with Crippen molar-refractivity contribution in [3.05, 3.63) is 29.5 Å². The fourth-order valence-electron chi connectivity index (χ4n) is 5.36. The summed E-state index contributed by atoms with van der Waals surface area (Å²) in [4.78, 5) is 14.2. The molecule has 2 aromatic rings. The van der Waals surface area contributed by atoms with E-state index in [1.165, 1.54) is 35.0 Å². The summed E-state index contributed by atoms with van der Waals surface area (Å²) < 4.78 is 24.9. The average molecular weight is 477 g/mol. The lowest BCUT2D eigenvalue weighted by Crippen LogP contribution is -2.30. The van der Waals surface area contributed by atoms with E-state index in [-0.39, 0.29) is 5.91 Å². The highest BCUT2D eigenvalue weighted by molar-refractivity contribution is 7.79. The van der Waals surface area contributed by atoms with Gasteiger partial charge in [0.1, 0.15) is 5.75 Å². The van der Waals surface area contributed by atoms with Crippen LogP contribution in [0.25, 0.3) is 10.9 Å². The minimum atomic E-state index is -1.25. The lowest BCUT2D eigenvalue weighted by molar-refractivity contribution is -0.130. The molecule has 0 aliphatic heterocycles. The van der Waals surface area contributed by atoms with Crippen molar-refractivity contribution in [3.8, 4) is 5.75 Å². The molecule has 2 atom stereocenters. The second kappa shape index (κ2) is 12.6. The summed E-state index contributed by atoms with van der Waals surface area (Å²) in [6, 6.07) is 6.26. The van der Waals surface area contributed by atoms with Crippen LogP contribution in [0, 0.1) is 0 Å². The third-order valence-electron chi connectivity index (χ3n) is 6.92. The van der Waals surface area contributed by atoms with E-state index >= 15 is 0 Å². The smallest absolute Gasteiger partial charge is 0.222 e. The maximum absolute atomic E-state index is 12.3. The first-order valence-corrected chi connectivity index (χ1v) is 13.9. The Balaban J connectivity index is 1.73. The van der Waals surface area contributed by atoms with Crippen LogP contribution >= 0.6 is 0 Å². The summed E-state index contributed by atoms with van der Waals surface area (Å²) in [5, 5.41) is 1.23. The maximum Gasteiger partial charge on any atom is 0.222 e. The van der Waals surface area contributed by atoms with Crippen molar-refractivity contribution in [3.63, 3.8) is 0 Å². The molecule has 3 rings (SSSR count). The number of aromatic nitrogens is 1. The largest absolute Gasteiger partial charge is 0.496 e. The number of rotatable bonds is 13. The summed E-state index contributed by atoms with van der Waals surface area (Å²) in [5.41, 5.74) is 4.00. The number of fused-ring (bicyclic) bond motifs is 3. The van der Waals surface area contributed by atoms with Crippen LogP contribution < -0.4 is 4.74 Å². The Bertz CT molecular complexity index is 951. The molecule has 1 aliphatic rings. The number of ether oxygens (including phenoxy) is 1. The summed E-state index contributed by atoms with van der Waals surface area (Å²) in [7, 11) is 1.74. The standard InChI is InChI=1S/C26H40N2O4S/c1-5-27(6-2)24(29)17-9-7-8-12-20-13-10-14-21-25(20)26-22(15-11-16-23(26)31-3)28(21)18-19-32-33(4)30/h11,15-16,20H,5-10,12-14,17-19H2,1-4H3. The average Bonchev–Trinajstić information content (AvgIpc) is 3.14. The van der Waals surface area contributed by atoms with Gasteiger partial charge < -0.3 is 14.2 Å². The molecule has 0 bridgehead atoms. The van der Waals surface area contributed by atoms with E-state index in [1.54, 1.807) is 13.4 Å². The molecule has 0 radical (unpaired) electrons. The first-order valence-electron chi connectivity index (χ1n) is 12.4. The zero-order chi connectivity index (χ0) is 23.8. The van der Waals surface area contributed by atoms with Crippen molar-refractivity contribution in [2.24, 2.45) is 0 Å². The molecule has 33 heavy (non-hydrogen) atoms. The molecule has 1 aromatic carbocycles. The Hall–Kier alpha value is -1.86. The number of carbonyl (C=O) groups excluding carboxylic acids is 1. The highest BCUT2D eigenvalue weighted by Crippen LogP contribution is 2.44. The van der Waals surface area contributed by atoms with E-state index in [0.717, 1.165) is 50.9 Å². The molecule has 0 saturated heterocycles. The van der Waals surface area contributed by atoms with Crippen LogP contribution in [0.3, 0.4) is 0 Å². The number of carbonyl (C=O) groups is 1. The Morgan fingerprint density at radius 3 is 2.70 bits per heavy atom. The first kappa shape index (κ1) is 25.8. The Kier molecular flexibility index (Phi) is 9.80. The van der Waals surface area contributed by atoms with E-state index in [9.17, 15) is 9.00 Å². The summed E-state index contributed by atoms with van der Waals surface area (Å²) in [6.07, 6.45) is 9.97.